The third kappa shape index (κ3) is 11.1. The van der Waals surface area contributed by atoms with Gasteiger partial charge in [0, 0.05) is 23.9 Å². The molecular formula is C27H45N3O5S. The monoisotopic (exact) mass is 523 g/mol. The van der Waals surface area contributed by atoms with Gasteiger partial charge < -0.3 is 25.4 Å². The minimum absolute atomic E-state index is 0.0182. The van der Waals surface area contributed by atoms with E-state index in [1.807, 2.05) is 13.8 Å². The van der Waals surface area contributed by atoms with Gasteiger partial charge in [0.1, 0.15) is 23.4 Å². The third-order valence-electron chi connectivity index (χ3n) is 5.43. The summed E-state index contributed by atoms with van der Waals surface area (Å²) in [6, 6.07) is 4.26. The molecule has 0 fully saturated rings. The first-order valence-corrected chi connectivity index (χ1v) is 13.5. The molecule has 0 heterocycles. The summed E-state index contributed by atoms with van der Waals surface area (Å²) >= 11 is 4.30. The molecule has 204 valence electrons. The number of hydrogen-bond donors (Lipinski definition) is 4. The number of phenolic OH excluding ortho intramolecular Hbond substituents is 1. The summed E-state index contributed by atoms with van der Waals surface area (Å²) in [5.74, 6) is -0.924. The van der Waals surface area contributed by atoms with Gasteiger partial charge in [-0.3, -0.25) is 9.59 Å². The van der Waals surface area contributed by atoms with Crippen LogP contribution in [0.25, 0.3) is 0 Å². The largest absolute Gasteiger partial charge is 0.508 e. The predicted molar refractivity (Wildman–Crippen MR) is 146 cm³/mol. The van der Waals surface area contributed by atoms with Crippen LogP contribution in [-0.4, -0.2) is 57.9 Å². The molecule has 1 aromatic rings. The molecule has 2 atom stereocenters. The first-order valence-electron chi connectivity index (χ1n) is 12.9. The summed E-state index contributed by atoms with van der Waals surface area (Å²) in [5, 5.41) is 16.1. The molecule has 0 saturated heterocycles. The lowest BCUT2D eigenvalue weighted by molar-refractivity contribution is -0.142. The normalized spacial score (nSPS) is 13.1. The number of alkyl carbamates (subject to hydrolysis) is 1. The zero-order valence-corrected chi connectivity index (χ0v) is 23.6. The van der Waals surface area contributed by atoms with Crippen LogP contribution in [0.15, 0.2) is 24.3 Å². The molecule has 8 nitrogen and oxygen atoms in total. The number of ether oxygens (including phenoxy) is 1. The van der Waals surface area contributed by atoms with Gasteiger partial charge in [-0.05, 0) is 47.1 Å². The number of aromatic hydroxyl groups is 1. The summed E-state index contributed by atoms with van der Waals surface area (Å²) in [7, 11) is 0. The molecule has 0 radical (unpaired) electrons. The van der Waals surface area contributed by atoms with Crippen LogP contribution in [-0.2, 0) is 14.3 Å². The maximum Gasteiger partial charge on any atom is 0.408 e. The number of benzene rings is 1. The SMILES string of the molecule is CCCCCCCCN(C(=O)C(CS)NC(=O)OC(C)(C)C)C(C(=O)NC(C)C)c1ccccc1O. The molecule has 3 amide bonds. The van der Waals surface area contributed by atoms with E-state index in [9.17, 15) is 19.5 Å². The number of amides is 3. The van der Waals surface area contributed by atoms with Crippen LogP contribution < -0.4 is 10.6 Å². The molecule has 9 heteroatoms. The number of nitrogens with one attached hydrogen (secondary N) is 2. The molecule has 2 unspecified atom stereocenters. The number of nitrogens with zero attached hydrogens (tertiary/aromatic N) is 1. The highest BCUT2D eigenvalue weighted by molar-refractivity contribution is 7.80. The summed E-state index contributed by atoms with van der Waals surface area (Å²) < 4.78 is 5.33. The highest BCUT2D eigenvalue weighted by atomic mass is 32.1. The maximum atomic E-state index is 13.8. The van der Waals surface area contributed by atoms with Crippen LogP contribution in [0.5, 0.6) is 5.75 Å². The van der Waals surface area contributed by atoms with Gasteiger partial charge in [0.2, 0.25) is 11.8 Å². The first-order chi connectivity index (χ1) is 16.9. The van der Waals surface area contributed by atoms with Crippen molar-refractivity contribution in [3.63, 3.8) is 0 Å². The van der Waals surface area contributed by atoms with E-state index in [0.717, 1.165) is 32.1 Å². The molecule has 0 bridgehead atoms. The van der Waals surface area contributed by atoms with Gasteiger partial charge in [0.25, 0.3) is 0 Å². The Bertz CT molecular complexity index is 841. The van der Waals surface area contributed by atoms with Crippen molar-refractivity contribution in [2.45, 2.75) is 104 Å². The van der Waals surface area contributed by atoms with Crippen LogP contribution >= 0.6 is 12.6 Å². The van der Waals surface area contributed by atoms with Gasteiger partial charge in [-0.15, -0.1) is 0 Å². The highest BCUT2D eigenvalue weighted by Crippen LogP contribution is 2.30. The van der Waals surface area contributed by atoms with Crippen molar-refractivity contribution in [2.24, 2.45) is 0 Å². The molecule has 1 aromatic carbocycles. The topological polar surface area (TPSA) is 108 Å². The Hall–Kier alpha value is -2.42. The van der Waals surface area contributed by atoms with Crippen LogP contribution in [0, 0.1) is 0 Å². The number of carbonyl (C=O) groups is 3. The lowest BCUT2D eigenvalue weighted by atomic mass is 10.0. The van der Waals surface area contributed by atoms with Gasteiger partial charge in [0.05, 0.1) is 0 Å². The van der Waals surface area contributed by atoms with E-state index in [4.69, 9.17) is 4.74 Å². The number of para-hydroxylation sites is 1. The quantitative estimate of drug-likeness (QED) is 0.203. The lowest BCUT2D eigenvalue weighted by Crippen LogP contribution is -2.54. The summed E-state index contributed by atoms with van der Waals surface area (Å²) in [6.07, 6.45) is 5.27. The van der Waals surface area contributed by atoms with E-state index in [2.05, 4.69) is 30.2 Å². The molecule has 0 aliphatic heterocycles. The number of unbranched alkanes of at least 4 members (excludes halogenated alkanes) is 5. The van der Waals surface area contributed by atoms with E-state index >= 15 is 0 Å². The second-order valence-electron chi connectivity index (χ2n) is 10.3. The van der Waals surface area contributed by atoms with Crippen molar-refractivity contribution < 1.29 is 24.2 Å². The zero-order valence-electron chi connectivity index (χ0n) is 22.7. The molecule has 1 rings (SSSR count). The van der Waals surface area contributed by atoms with Crippen molar-refractivity contribution in [3.05, 3.63) is 29.8 Å². The molecule has 36 heavy (non-hydrogen) atoms. The number of hydrogen-bond acceptors (Lipinski definition) is 6. The van der Waals surface area contributed by atoms with Crippen molar-refractivity contribution in [2.75, 3.05) is 12.3 Å². The fraction of sp³-hybridized carbons (Fsp3) is 0.667. The van der Waals surface area contributed by atoms with Crippen molar-refractivity contribution in [1.82, 2.24) is 15.5 Å². The van der Waals surface area contributed by atoms with Crippen LogP contribution in [0.3, 0.4) is 0 Å². The van der Waals surface area contributed by atoms with Gasteiger partial charge in [-0.25, -0.2) is 4.79 Å². The average molecular weight is 524 g/mol. The summed E-state index contributed by atoms with van der Waals surface area (Å²) in [6.45, 7) is 11.3. The summed E-state index contributed by atoms with van der Waals surface area (Å²) in [4.78, 5) is 41.1. The van der Waals surface area contributed by atoms with Gasteiger partial charge in [-0.2, -0.15) is 12.6 Å². The number of thiol groups is 1. The smallest absolute Gasteiger partial charge is 0.408 e. The second kappa shape index (κ2) is 15.6. The number of phenols is 1. The Morgan fingerprint density at radius 1 is 1.03 bits per heavy atom. The number of rotatable bonds is 14. The first kappa shape index (κ1) is 31.6. The molecule has 0 aliphatic carbocycles. The lowest BCUT2D eigenvalue weighted by Gasteiger charge is -2.35. The van der Waals surface area contributed by atoms with E-state index in [0.29, 0.717) is 12.0 Å². The van der Waals surface area contributed by atoms with Gasteiger partial charge in [-0.1, -0.05) is 57.2 Å². The van der Waals surface area contributed by atoms with Gasteiger partial charge in [0.15, 0.2) is 0 Å². The van der Waals surface area contributed by atoms with E-state index in [1.54, 1.807) is 39.0 Å². The van der Waals surface area contributed by atoms with Crippen LogP contribution in [0.1, 0.15) is 91.7 Å². The molecule has 3 N–H and O–H groups in total. The van der Waals surface area contributed by atoms with Crippen LogP contribution in [0.2, 0.25) is 0 Å². The molecule has 0 saturated carbocycles. The zero-order chi connectivity index (χ0) is 27.3. The van der Waals surface area contributed by atoms with Gasteiger partial charge >= 0.3 is 6.09 Å². The molecular weight excluding hydrogens is 478 g/mol. The summed E-state index contributed by atoms with van der Waals surface area (Å²) in [5.41, 5.74) is -0.410. The third-order valence-corrected chi connectivity index (χ3v) is 5.79. The van der Waals surface area contributed by atoms with Crippen molar-refractivity contribution in [3.8, 4) is 5.75 Å². The Balaban J connectivity index is 3.32. The Kier molecular flexibility index (Phi) is 13.7. The number of carbonyl (C=O) groups excluding carboxylic acids is 3. The fourth-order valence-electron chi connectivity index (χ4n) is 3.80. The second-order valence-corrected chi connectivity index (χ2v) is 10.7. The molecule has 0 aliphatic rings. The Morgan fingerprint density at radius 3 is 2.19 bits per heavy atom. The Morgan fingerprint density at radius 2 is 1.64 bits per heavy atom. The van der Waals surface area contributed by atoms with E-state index in [-0.39, 0.29) is 24.1 Å². The Labute approximate surface area is 222 Å². The average Bonchev–Trinajstić information content (AvgIpc) is 2.77. The fourth-order valence-corrected chi connectivity index (χ4v) is 4.04. The van der Waals surface area contributed by atoms with Crippen molar-refractivity contribution in [1.29, 1.82) is 0 Å². The standard InChI is InChI=1S/C27H45N3O5S/c1-7-8-9-10-11-14-17-30(25(33)21(18-36)29-26(34)35-27(4,5)6)23(24(32)28-19(2)3)20-15-12-13-16-22(20)31/h12-13,15-16,19,21,23,31,36H,7-11,14,17-18H2,1-6H3,(H,28,32)(H,29,34). The molecule has 0 spiro atoms. The maximum absolute atomic E-state index is 13.8. The highest BCUT2D eigenvalue weighted by Gasteiger charge is 2.37. The predicted octanol–water partition coefficient (Wildman–Crippen LogP) is 4.97. The minimum atomic E-state index is -1.07. The van der Waals surface area contributed by atoms with E-state index < -0.39 is 35.6 Å². The van der Waals surface area contributed by atoms with Crippen LogP contribution in [0.4, 0.5) is 4.79 Å². The van der Waals surface area contributed by atoms with E-state index in [1.165, 1.54) is 11.0 Å². The van der Waals surface area contributed by atoms with Crippen molar-refractivity contribution >= 4 is 30.5 Å². The minimum Gasteiger partial charge on any atom is -0.508 e. The molecule has 0 aromatic heterocycles.